The van der Waals surface area contributed by atoms with E-state index in [1.54, 1.807) is 6.07 Å². The first kappa shape index (κ1) is 14.9. The Labute approximate surface area is 120 Å². The minimum absolute atomic E-state index is 0.0532. The van der Waals surface area contributed by atoms with E-state index in [1.807, 2.05) is 0 Å². The number of anilines is 1. The molecule has 0 aliphatic rings. The molecule has 2 aromatic rings. The molecule has 0 aromatic heterocycles. The summed E-state index contributed by atoms with van der Waals surface area (Å²) in [5.41, 5.74) is 5.66. The van der Waals surface area contributed by atoms with Crippen molar-refractivity contribution in [3.05, 3.63) is 59.2 Å². The normalized spacial score (nSPS) is 10.3. The van der Waals surface area contributed by atoms with Crippen molar-refractivity contribution in [3.8, 4) is 5.75 Å². The van der Waals surface area contributed by atoms with Crippen molar-refractivity contribution in [2.45, 2.75) is 6.54 Å². The number of nitrogens with two attached hydrogens (primary N) is 1. The molecule has 1 amide bonds. The van der Waals surface area contributed by atoms with Crippen molar-refractivity contribution in [1.82, 2.24) is 0 Å². The van der Waals surface area contributed by atoms with Crippen LogP contribution in [0.2, 0.25) is 0 Å². The maximum Gasteiger partial charge on any atom is 0.262 e. The number of halogens is 2. The molecule has 6 heteroatoms. The van der Waals surface area contributed by atoms with Crippen LogP contribution in [0.15, 0.2) is 36.4 Å². The van der Waals surface area contributed by atoms with Crippen LogP contribution in [0, 0.1) is 11.6 Å². The van der Waals surface area contributed by atoms with Crippen molar-refractivity contribution >= 4 is 11.6 Å². The molecule has 2 rings (SSSR count). The maximum atomic E-state index is 13.8. The first-order valence-electron chi connectivity index (χ1n) is 6.19. The molecule has 0 bridgehead atoms. The number of methoxy groups -OCH3 is 1. The largest absolute Gasteiger partial charge is 0.496 e. The lowest BCUT2D eigenvalue weighted by molar-refractivity contribution is 0.101. The molecule has 0 atom stereocenters. The van der Waals surface area contributed by atoms with E-state index in [1.165, 1.54) is 31.4 Å². The monoisotopic (exact) mass is 292 g/mol. The Morgan fingerprint density at radius 3 is 2.62 bits per heavy atom. The van der Waals surface area contributed by atoms with E-state index in [9.17, 15) is 13.6 Å². The summed E-state index contributed by atoms with van der Waals surface area (Å²) in [6.07, 6.45) is 0. The number of ether oxygens (including phenoxy) is 1. The molecule has 3 N–H and O–H groups in total. The second kappa shape index (κ2) is 6.32. The quantitative estimate of drug-likeness (QED) is 0.910. The molecule has 2 aromatic carbocycles. The molecule has 0 aliphatic heterocycles. The molecule has 0 spiro atoms. The highest BCUT2D eigenvalue weighted by Gasteiger charge is 2.18. The first-order chi connectivity index (χ1) is 10.1. The average Bonchev–Trinajstić information content (AvgIpc) is 2.48. The maximum absolute atomic E-state index is 13.8. The standard InChI is InChI=1S/C15H14F2N2O2/c1-21-13-4-2-3-10(16)14(13)15(20)19-12-6-5-9(8-18)7-11(12)17/h2-7H,8,18H2,1H3,(H,19,20). The number of carbonyl (C=O) groups is 1. The van der Waals surface area contributed by atoms with Gasteiger partial charge in [0.1, 0.15) is 22.9 Å². The van der Waals surface area contributed by atoms with Gasteiger partial charge in [-0.1, -0.05) is 12.1 Å². The van der Waals surface area contributed by atoms with Crippen LogP contribution in [0.4, 0.5) is 14.5 Å². The predicted molar refractivity (Wildman–Crippen MR) is 75.2 cm³/mol. The number of carbonyl (C=O) groups excluding carboxylic acids is 1. The van der Waals surface area contributed by atoms with E-state index in [4.69, 9.17) is 10.5 Å². The van der Waals surface area contributed by atoms with E-state index < -0.39 is 17.5 Å². The van der Waals surface area contributed by atoms with Crippen LogP contribution in [0.1, 0.15) is 15.9 Å². The van der Waals surface area contributed by atoms with E-state index in [0.717, 1.165) is 6.07 Å². The summed E-state index contributed by atoms with van der Waals surface area (Å²) in [5, 5.41) is 2.32. The van der Waals surface area contributed by atoms with Crippen LogP contribution in [-0.4, -0.2) is 13.0 Å². The molecule has 4 nitrogen and oxygen atoms in total. The lowest BCUT2D eigenvalue weighted by Crippen LogP contribution is -2.16. The van der Waals surface area contributed by atoms with E-state index in [0.29, 0.717) is 5.56 Å². The van der Waals surface area contributed by atoms with Crippen LogP contribution >= 0.6 is 0 Å². The molecule has 0 saturated heterocycles. The molecule has 0 radical (unpaired) electrons. The van der Waals surface area contributed by atoms with Gasteiger partial charge in [-0.15, -0.1) is 0 Å². The van der Waals surface area contributed by atoms with Crippen LogP contribution in [-0.2, 0) is 6.54 Å². The second-order valence-electron chi connectivity index (χ2n) is 4.29. The lowest BCUT2D eigenvalue weighted by Gasteiger charge is -2.11. The van der Waals surface area contributed by atoms with Gasteiger partial charge in [-0.2, -0.15) is 0 Å². The van der Waals surface area contributed by atoms with Crippen molar-refractivity contribution in [1.29, 1.82) is 0 Å². The van der Waals surface area contributed by atoms with Crippen molar-refractivity contribution in [3.63, 3.8) is 0 Å². The molecular formula is C15H14F2N2O2. The Kier molecular flexibility index (Phi) is 4.49. The highest BCUT2D eigenvalue weighted by molar-refractivity contribution is 6.06. The van der Waals surface area contributed by atoms with Gasteiger partial charge < -0.3 is 15.8 Å². The molecule has 0 fully saturated rings. The molecule has 110 valence electrons. The number of rotatable bonds is 4. The summed E-state index contributed by atoms with van der Waals surface area (Å²) in [6, 6.07) is 8.17. The fourth-order valence-corrected chi connectivity index (χ4v) is 1.87. The van der Waals surface area contributed by atoms with Crippen LogP contribution in [0.25, 0.3) is 0 Å². The van der Waals surface area contributed by atoms with Gasteiger partial charge in [0.25, 0.3) is 5.91 Å². The fourth-order valence-electron chi connectivity index (χ4n) is 1.87. The third-order valence-corrected chi connectivity index (χ3v) is 2.94. The molecular weight excluding hydrogens is 278 g/mol. The van der Waals surface area contributed by atoms with Gasteiger partial charge >= 0.3 is 0 Å². The van der Waals surface area contributed by atoms with Crippen molar-refractivity contribution in [2.75, 3.05) is 12.4 Å². The Bertz CT molecular complexity index is 675. The van der Waals surface area contributed by atoms with Crippen molar-refractivity contribution in [2.24, 2.45) is 5.73 Å². The summed E-state index contributed by atoms with van der Waals surface area (Å²) >= 11 is 0. The SMILES string of the molecule is COc1cccc(F)c1C(=O)Nc1ccc(CN)cc1F. The summed E-state index contributed by atoms with van der Waals surface area (Å²) < 4.78 is 32.5. The average molecular weight is 292 g/mol. The Morgan fingerprint density at radius 2 is 2.00 bits per heavy atom. The zero-order valence-electron chi connectivity index (χ0n) is 11.3. The van der Waals surface area contributed by atoms with Gasteiger partial charge in [0, 0.05) is 6.54 Å². The zero-order valence-corrected chi connectivity index (χ0v) is 11.3. The highest BCUT2D eigenvalue weighted by Crippen LogP contribution is 2.23. The molecule has 0 heterocycles. The number of benzene rings is 2. The number of hydrogen-bond donors (Lipinski definition) is 2. The third-order valence-electron chi connectivity index (χ3n) is 2.94. The van der Waals surface area contributed by atoms with Gasteiger partial charge in [0.05, 0.1) is 12.8 Å². The molecule has 21 heavy (non-hydrogen) atoms. The predicted octanol–water partition coefficient (Wildman–Crippen LogP) is 2.68. The summed E-state index contributed by atoms with van der Waals surface area (Å²) in [5.74, 6) is -2.09. The first-order valence-corrected chi connectivity index (χ1v) is 6.19. The minimum Gasteiger partial charge on any atom is -0.496 e. The van der Waals surface area contributed by atoms with E-state index >= 15 is 0 Å². The Morgan fingerprint density at radius 1 is 1.24 bits per heavy atom. The smallest absolute Gasteiger partial charge is 0.262 e. The molecule has 0 unspecified atom stereocenters. The topological polar surface area (TPSA) is 64.3 Å². The number of hydrogen-bond acceptors (Lipinski definition) is 3. The van der Waals surface area contributed by atoms with Crippen LogP contribution < -0.4 is 15.8 Å². The van der Waals surface area contributed by atoms with Gasteiger partial charge in [-0.05, 0) is 29.8 Å². The highest BCUT2D eigenvalue weighted by atomic mass is 19.1. The third kappa shape index (κ3) is 3.17. The molecule has 0 aliphatic carbocycles. The van der Waals surface area contributed by atoms with Crippen LogP contribution in [0.3, 0.4) is 0 Å². The second-order valence-corrected chi connectivity index (χ2v) is 4.29. The lowest BCUT2D eigenvalue weighted by atomic mass is 10.1. The van der Waals surface area contributed by atoms with Gasteiger partial charge in [-0.25, -0.2) is 8.78 Å². The van der Waals surface area contributed by atoms with Crippen LogP contribution in [0.5, 0.6) is 5.75 Å². The summed E-state index contributed by atoms with van der Waals surface area (Å²) in [7, 11) is 1.32. The van der Waals surface area contributed by atoms with Gasteiger partial charge in [-0.3, -0.25) is 4.79 Å². The summed E-state index contributed by atoms with van der Waals surface area (Å²) in [4.78, 5) is 12.1. The van der Waals surface area contributed by atoms with E-state index in [-0.39, 0.29) is 23.5 Å². The van der Waals surface area contributed by atoms with Gasteiger partial charge in [0.2, 0.25) is 0 Å². The number of amides is 1. The van der Waals surface area contributed by atoms with E-state index in [2.05, 4.69) is 5.32 Å². The Balaban J connectivity index is 2.30. The van der Waals surface area contributed by atoms with Crippen molar-refractivity contribution < 1.29 is 18.3 Å². The number of nitrogens with one attached hydrogen (secondary N) is 1. The van der Waals surface area contributed by atoms with Gasteiger partial charge in [0.15, 0.2) is 0 Å². The minimum atomic E-state index is -0.788. The Hall–Kier alpha value is -2.47. The summed E-state index contributed by atoms with van der Waals surface area (Å²) in [6.45, 7) is 0.187. The zero-order chi connectivity index (χ0) is 15.4. The fraction of sp³-hybridized carbons (Fsp3) is 0.133. The molecule has 0 saturated carbocycles.